The van der Waals surface area contributed by atoms with Crippen molar-refractivity contribution in [1.82, 2.24) is 0 Å². The number of rotatable bonds is 3. The number of aryl methyl sites for hydroxylation is 1. The largest absolute Gasteiger partial charge is 0.459 e. The number of anilines is 1. The van der Waals surface area contributed by atoms with Crippen molar-refractivity contribution in [3.63, 3.8) is 0 Å². The number of nitrogens with one attached hydrogen (secondary N) is 1. The number of para-hydroxylation sites is 1. The van der Waals surface area contributed by atoms with Gasteiger partial charge in [-0.1, -0.05) is 35.9 Å². The highest BCUT2D eigenvalue weighted by molar-refractivity contribution is 5.92. The lowest BCUT2D eigenvalue weighted by Crippen LogP contribution is -2.22. The minimum atomic E-state index is 0.374. The summed E-state index contributed by atoms with van der Waals surface area (Å²) in [6.07, 6.45) is 0. The average Bonchev–Trinajstić information content (AvgIpc) is 2.90. The quantitative estimate of drug-likeness (QED) is 0.568. The van der Waals surface area contributed by atoms with Gasteiger partial charge in [-0.25, -0.2) is 4.99 Å². The fourth-order valence-electron chi connectivity index (χ4n) is 2.10. The Morgan fingerprint density at radius 2 is 1.90 bits per heavy atom. The van der Waals surface area contributed by atoms with Gasteiger partial charge in [0.15, 0.2) is 5.96 Å². The Morgan fingerprint density at radius 3 is 2.67 bits per heavy atom. The number of nitrogens with zero attached hydrogens (tertiary/aromatic N) is 1. The van der Waals surface area contributed by atoms with Crippen molar-refractivity contribution < 1.29 is 4.42 Å². The third-order valence-corrected chi connectivity index (χ3v) is 3.21. The number of guanidine groups is 1. The van der Waals surface area contributed by atoms with Gasteiger partial charge in [-0.05, 0) is 31.2 Å². The van der Waals surface area contributed by atoms with Crippen LogP contribution in [0.3, 0.4) is 0 Å². The SMILES string of the molecule is Cc1ccc(NC(N)=NCc2cc3ccccc3o2)cc1. The second-order valence-electron chi connectivity index (χ2n) is 4.94. The molecule has 0 saturated carbocycles. The standard InChI is InChI=1S/C17H17N3O/c1-12-6-8-14(9-7-12)20-17(18)19-11-15-10-13-4-2-3-5-16(13)21-15/h2-10H,11H2,1H3,(H3,18,19,20). The van der Waals surface area contributed by atoms with Crippen LogP contribution in [0, 0.1) is 6.92 Å². The van der Waals surface area contributed by atoms with Crippen molar-refractivity contribution in [2.24, 2.45) is 10.7 Å². The van der Waals surface area contributed by atoms with E-state index in [0.717, 1.165) is 22.4 Å². The molecule has 0 aliphatic rings. The van der Waals surface area contributed by atoms with Gasteiger partial charge in [-0.3, -0.25) is 0 Å². The van der Waals surface area contributed by atoms with Crippen LogP contribution in [0.15, 0.2) is 64.0 Å². The van der Waals surface area contributed by atoms with E-state index in [4.69, 9.17) is 10.2 Å². The van der Waals surface area contributed by atoms with Gasteiger partial charge in [-0.2, -0.15) is 0 Å². The summed E-state index contributed by atoms with van der Waals surface area (Å²) in [5.74, 6) is 1.17. The zero-order chi connectivity index (χ0) is 14.7. The zero-order valence-electron chi connectivity index (χ0n) is 11.8. The number of aliphatic imine (C=N–C) groups is 1. The Kier molecular flexibility index (Phi) is 3.60. The molecule has 0 aliphatic heterocycles. The van der Waals surface area contributed by atoms with Crippen LogP contribution in [0.25, 0.3) is 11.0 Å². The Hall–Kier alpha value is -2.75. The summed E-state index contributed by atoms with van der Waals surface area (Å²) in [7, 11) is 0. The molecule has 3 N–H and O–H groups in total. The molecule has 2 aromatic carbocycles. The Labute approximate surface area is 123 Å². The predicted molar refractivity (Wildman–Crippen MR) is 86.3 cm³/mol. The molecule has 3 aromatic rings. The van der Waals surface area contributed by atoms with Gasteiger partial charge in [0.2, 0.25) is 0 Å². The number of hydrogen-bond acceptors (Lipinski definition) is 2. The molecule has 21 heavy (non-hydrogen) atoms. The van der Waals surface area contributed by atoms with Crippen LogP contribution in [-0.4, -0.2) is 5.96 Å². The lowest BCUT2D eigenvalue weighted by Gasteiger charge is -2.05. The summed E-state index contributed by atoms with van der Waals surface area (Å²) in [6, 6.07) is 17.9. The van der Waals surface area contributed by atoms with E-state index in [-0.39, 0.29) is 0 Å². The van der Waals surface area contributed by atoms with Crippen molar-refractivity contribution >= 4 is 22.6 Å². The lowest BCUT2D eigenvalue weighted by atomic mass is 10.2. The van der Waals surface area contributed by atoms with Crippen molar-refractivity contribution in [3.05, 3.63) is 65.9 Å². The minimum absolute atomic E-state index is 0.374. The number of fused-ring (bicyclic) bond motifs is 1. The first kappa shape index (κ1) is 13.2. The molecule has 0 bridgehead atoms. The van der Waals surface area contributed by atoms with Crippen LogP contribution >= 0.6 is 0 Å². The van der Waals surface area contributed by atoms with Gasteiger partial charge in [0.05, 0.1) is 0 Å². The molecule has 3 rings (SSSR count). The number of nitrogens with two attached hydrogens (primary N) is 1. The average molecular weight is 279 g/mol. The summed E-state index contributed by atoms with van der Waals surface area (Å²) >= 11 is 0. The number of furan rings is 1. The highest BCUT2D eigenvalue weighted by Crippen LogP contribution is 2.19. The summed E-state index contributed by atoms with van der Waals surface area (Å²) in [5.41, 5.74) is 8.88. The van der Waals surface area contributed by atoms with Crippen LogP contribution in [0.5, 0.6) is 0 Å². The monoisotopic (exact) mass is 279 g/mol. The Bertz CT molecular complexity index is 739. The molecule has 0 fully saturated rings. The van der Waals surface area contributed by atoms with E-state index in [0.29, 0.717) is 12.5 Å². The van der Waals surface area contributed by atoms with Crippen LogP contribution in [0.2, 0.25) is 0 Å². The maximum Gasteiger partial charge on any atom is 0.193 e. The summed E-state index contributed by atoms with van der Waals surface area (Å²) in [5, 5.41) is 4.14. The van der Waals surface area contributed by atoms with E-state index in [1.165, 1.54) is 5.56 Å². The van der Waals surface area contributed by atoms with Gasteiger partial charge in [-0.15, -0.1) is 0 Å². The van der Waals surface area contributed by atoms with Gasteiger partial charge >= 0.3 is 0 Å². The molecule has 0 unspecified atom stereocenters. The number of benzene rings is 2. The van der Waals surface area contributed by atoms with Gasteiger partial charge in [0, 0.05) is 11.1 Å². The lowest BCUT2D eigenvalue weighted by molar-refractivity contribution is 0.553. The maximum atomic E-state index is 5.88. The molecule has 0 atom stereocenters. The Morgan fingerprint density at radius 1 is 1.14 bits per heavy atom. The van der Waals surface area contributed by atoms with Crippen molar-refractivity contribution in [3.8, 4) is 0 Å². The molecule has 4 heteroatoms. The van der Waals surface area contributed by atoms with Crippen molar-refractivity contribution in [1.29, 1.82) is 0 Å². The fraction of sp³-hybridized carbons (Fsp3) is 0.118. The van der Waals surface area contributed by atoms with Gasteiger partial charge < -0.3 is 15.5 Å². The Balaban J connectivity index is 1.68. The first-order chi connectivity index (χ1) is 10.2. The summed E-state index contributed by atoms with van der Waals surface area (Å²) in [4.78, 5) is 4.30. The smallest absolute Gasteiger partial charge is 0.193 e. The number of hydrogen-bond donors (Lipinski definition) is 2. The maximum absolute atomic E-state index is 5.88. The topological polar surface area (TPSA) is 63.5 Å². The van der Waals surface area contributed by atoms with Crippen molar-refractivity contribution in [2.45, 2.75) is 13.5 Å². The zero-order valence-corrected chi connectivity index (χ0v) is 11.8. The second-order valence-corrected chi connectivity index (χ2v) is 4.94. The molecule has 0 radical (unpaired) electrons. The van der Waals surface area contributed by atoms with E-state index in [1.54, 1.807) is 0 Å². The van der Waals surface area contributed by atoms with Crippen LogP contribution in [0.1, 0.15) is 11.3 Å². The van der Waals surface area contributed by atoms with E-state index in [1.807, 2.05) is 61.5 Å². The highest BCUT2D eigenvalue weighted by Gasteiger charge is 2.02. The normalized spacial score (nSPS) is 11.8. The van der Waals surface area contributed by atoms with Crippen LogP contribution < -0.4 is 11.1 Å². The second kappa shape index (κ2) is 5.71. The molecule has 0 aliphatic carbocycles. The fourth-order valence-corrected chi connectivity index (χ4v) is 2.10. The van der Waals surface area contributed by atoms with E-state index in [9.17, 15) is 0 Å². The van der Waals surface area contributed by atoms with E-state index >= 15 is 0 Å². The van der Waals surface area contributed by atoms with Crippen molar-refractivity contribution in [2.75, 3.05) is 5.32 Å². The van der Waals surface area contributed by atoms with Gasteiger partial charge in [0.25, 0.3) is 0 Å². The summed E-state index contributed by atoms with van der Waals surface area (Å²) < 4.78 is 5.69. The molecular formula is C17H17N3O. The molecule has 1 aromatic heterocycles. The minimum Gasteiger partial charge on any atom is -0.459 e. The molecule has 4 nitrogen and oxygen atoms in total. The van der Waals surface area contributed by atoms with Crippen LogP contribution in [0.4, 0.5) is 5.69 Å². The third kappa shape index (κ3) is 3.23. The molecule has 0 amide bonds. The third-order valence-electron chi connectivity index (χ3n) is 3.21. The molecule has 106 valence electrons. The highest BCUT2D eigenvalue weighted by atomic mass is 16.3. The molecule has 0 spiro atoms. The first-order valence-corrected chi connectivity index (χ1v) is 6.82. The predicted octanol–water partition coefficient (Wildman–Crippen LogP) is 3.67. The van der Waals surface area contributed by atoms with E-state index < -0.39 is 0 Å². The molecule has 0 saturated heterocycles. The molecule has 1 heterocycles. The van der Waals surface area contributed by atoms with Crippen LogP contribution in [-0.2, 0) is 6.54 Å². The van der Waals surface area contributed by atoms with E-state index in [2.05, 4.69) is 10.3 Å². The first-order valence-electron chi connectivity index (χ1n) is 6.82. The van der Waals surface area contributed by atoms with Gasteiger partial charge in [0.1, 0.15) is 17.9 Å². The summed E-state index contributed by atoms with van der Waals surface area (Å²) in [6.45, 7) is 2.46. The molecular weight excluding hydrogens is 262 g/mol.